The fourth-order valence-electron chi connectivity index (χ4n) is 3.11. The van der Waals surface area contributed by atoms with Crippen LogP contribution in [0.4, 0.5) is 0 Å². The van der Waals surface area contributed by atoms with E-state index in [4.69, 9.17) is 9.72 Å². The molecular formula is C19H14BrN5OS. The maximum atomic E-state index is 5.91. The molecule has 3 aromatic heterocycles. The van der Waals surface area contributed by atoms with Crippen LogP contribution in [0.25, 0.3) is 27.8 Å². The van der Waals surface area contributed by atoms with Gasteiger partial charge in [0.2, 0.25) is 0 Å². The molecule has 5 rings (SSSR count). The molecular weight excluding hydrogens is 426 g/mol. The van der Waals surface area contributed by atoms with E-state index in [-0.39, 0.29) is 0 Å². The number of halogens is 1. The summed E-state index contributed by atoms with van der Waals surface area (Å²) in [4.78, 5) is 14.9. The lowest BCUT2D eigenvalue weighted by molar-refractivity contribution is 0.327. The minimum atomic E-state index is 0.633. The highest BCUT2D eigenvalue weighted by molar-refractivity contribution is 9.10. The minimum absolute atomic E-state index is 0.633. The van der Waals surface area contributed by atoms with Gasteiger partial charge in [0, 0.05) is 33.7 Å². The predicted octanol–water partition coefficient (Wildman–Crippen LogP) is 4.46. The molecule has 134 valence electrons. The first-order valence-corrected chi connectivity index (χ1v) is 10.1. The standard InChI is InChI=1S/C19H14BrN5OS/c1-11-22-18(25(24-11)13-4-7-21-8-5-13)19-23-17-14-3-2-12(20)10-15(14)26-9-6-16(17)27-19/h2-5,7-8,10H,6,9H2,1H3. The number of pyridine rings is 1. The van der Waals surface area contributed by atoms with Crippen molar-refractivity contribution in [2.45, 2.75) is 13.3 Å². The Bertz CT molecular complexity index is 1140. The number of aryl methyl sites for hydroxylation is 1. The summed E-state index contributed by atoms with van der Waals surface area (Å²) in [5.41, 5.74) is 2.90. The van der Waals surface area contributed by atoms with Crippen LogP contribution in [-0.2, 0) is 6.42 Å². The second-order valence-electron chi connectivity index (χ2n) is 6.13. The molecule has 0 atom stereocenters. The van der Waals surface area contributed by atoms with E-state index in [9.17, 15) is 0 Å². The summed E-state index contributed by atoms with van der Waals surface area (Å²) in [5.74, 6) is 2.31. The molecule has 1 aliphatic rings. The first kappa shape index (κ1) is 16.6. The lowest BCUT2D eigenvalue weighted by Crippen LogP contribution is -2.00. The van der Waals surface area contributed by atoms with Gasteiger partial charge in [-0.2, -0.15) is 5.10 Å². The number of nitrogens with zero attached hydrogens (tertiary/aromatic N) is 5. The Morgan fingerprint density at radius 1 is 1.15 bits per heavy atom. The van der Waals surface area contributed by atoms with Crippen LogP contribution in [0.2, 0.25) is 0 Å². The van der Waals surface area contributed by atoms with Crippen LogP contribution in [0.3, 0.4) is 0 Å². The summed E-state index contributed by atoms with van der Waals surface area (Å²) < 4.78 is 8.73. The van der Waals surface area contributed by atoms with Gasteiger partial charge in [-0.15, -0.1) is 11.3 Å². The number of aromatic nitrogens is 5. The summed E-state index contributed by atoms with van der Waals surface area (Å²) in [6.07, 6.45) is 4.32. The van der Waals surface area contributed by atoms with Gasteiger partial charge in [0.05, 0.1) is 18.0 Å². The Hall–Kier alpha value is -2.58. The Kier molecular flexibility index (Phi) is 4.02. The maximum absolute atomic E-state index is 5.91. The minimum Gasteiger partial charge on any atom is -0.492 e. The van der Waals surface area contributed by atoms with Crippen molar-refractivity contribution in [3.05, 3.63) is 57.9 Å². The molecule has 0 unspecified atom stereocenters. The Morgan fingerprint density at radius 2 is 2.00 bits per heavy atom. The second kappa shape index (κ2) is 6.54. The Balaban J connectivity index is 1.67. The van der Waals surface area contributed by atoms with Gasteiger partial charge in [-0.1, -0.05) is 15.9 Å². The van der Waals surface area contributed by atoms with Crippen molar-refractivity contribution >= 4 is 27.3 Å². The fourth-order valence-corrected chi connectivity index (χ4v) is 4.48. The molecule has 0 spiro atoms. The topological polar surface area (TPSA) is 65.7 Å². The number of benzene rings is 1. The SMILES string of the molecule is Cc1nc(-c2nc3c(s2)CCOc2cc(Br)ccc2-3)n(-c2ccncc2)n1. The van der Waals surface area contributed by atoms with Gasteiger partial charge in [0.1, 0.15) is 11.6 Å². The van der Waals surface area contributed by atoms with E-state index in [2.05, 4.69) is 31.0 Å². The van der Waals surface area contributed by atoms with E-state index < -0.39 is 0 Å². The smallest absolute Gasteiger partial charge is 0.192 e. The van der Waals surface area contributed by atoms with Crippen LogP contribution in [-0.4, -0.2) is 31.3 Å². The van der Waals surface area contributed by atoms with Crippen LogP contribution in [0.1, 0.15) is 10.7 Å². The molecule has 6 nitrogen and oxygen atoms in total. The van der Waals surface area contributed by atoms with Gasteiger partial charge in [0.25, 0.3) is 0 Å². The van der Waals surface area contributed by atoms with E-state index in [0.29, 0.717) is 12.4 Å². The molecule has 4 aromatic rings. The molecule has 0 N–H and O–H groups in total. The van der Waals surface area contributed by atoms with Crippen molar-refractivity contribution in [1.29, 1.82) is 0 Å². The van der Waals surface area contributed by atoms with Crippen molar-refractivity contribution in [2.24, 2.45) is 0 Å². The summed E-state index contributed by atoms with van der Waals surface area (Å²) >= 11 is 5.16. The molecule has 1 aliphatic heterocycles. The molecule has 0 bridgehead atoms. The van der Waals surface area contributed by atoms with Crippen molar-refractivity contribution < 1.29 is 4.74 Å². The zero-order valence-electron chi connectivity index (χ0n) is 14.4. The van der Waals surface area contributed by atoms with Gasteiger partial charge in [0.15, 0.2) is 10.8 Å². The van der Waals surface area contributed by atoms with Crippen LogP contribution in [0.5, 0.6) is 5.75 Å². The zero-order chi connectivity index (χ0) is 18.4. The second-order valence-corrected chi connectivity index (χ2v) is 8.13. The number of hydrogen-bond acceptors (Lipinski definition) is 6. The van der Waals surface area contributed by atoms with Crippen LogP contribution in [0.15, 0.2) is 47.2 Å². The average molecular weight is 440 g/mol. The third-order valence-electron chi connectivity index (χ3n) is 4.29. The average Bonchev–Trinajstić information content (AvgIpc) is 3.22. The van der Waals surface area contributed by atoms with Crippen molar-refractivity contribution in [3.63, 3.8) is 0 Å². The van der Waals surface area contributed by atoms with Gasteiger partial charge in [-0.3, -0.25) is 4.98 Å². The molecule has 0 aliphatic carbocycles. The van der Waals surface area contributed by atoms with Crippen LogP contribution in [0, 0.1) is 6.92 Å². The third kappa shape index (κ3) is 2.94. The van der Waals surface area contributed by atoms with Gasteiger partial charge >= 0.3 is 0 Å². The molecule has 4 heterocycles. The highest BCUT2D eigenvalue weighted by atomic mass is 79.9. The number of ether oxygens (including phenoxy) is 1. The zero-order valence-corrected chi connectivity index (χ0v) is 16.8. The molecule has 0 radical (unpaired) electrons. The Labute approximate surface area is 168 Å². The normalized spacial score (nSPS) is 12.8. The van der Waals surface area contributed by atoms with E-state index in [0.717, 1.165) is 44.4 Å². The van der Waals surface area contributed by atoms with E-state index >= 15 is 0 Å². The van der Waals surface area contributed by atoms with Crippen molar-refractivity contribution in [3.8, 4) is 33.5 Å². The Morgan fingerprint density at radius 3 is 2.85 bits per heavy atom. The molecule has 0 saturated heterocycles. The number of thiazole rings is 1. The van der Waals surface area contributed by atoms with E-state index in [1.165, 1.54) is 4.88 Å². The summed E-state index contributed by atoms with van der Waals surface area (Å²) in [7, 11) is 0. The van der Waals surface area contributed by atoms with E-state index in [1.807, 2.05) is 41.9 Å². The summed E-state index contributed by atoms with van der Waals surface area (Å²) in [6, 6.07) is 9.88. The largest absolute Gasteiger partial charge is 0.492 e. The number of hydrogen-bond donors (Lipinski definition) is 0. The highest BCUT2D eigenvalue weighted by Gasteiger charge is 2.23. The van der Waals surface area contributed by atoms with E-state index in [1.54, 1.807) is 23.7 Å². The van der Waals surface area contributed by atoms with Crippen LogP contribution < -0.4 is 4.74 Å². The van der Waals surface area contributed by atoms with Crippen molar-refractivity contribution in [2.75, 3.05) is 6.61 Å². The molecule has 8 heteroatoms. The molecule has 0 saturated carbocycles. The predicted molar refractivity (Wildman–Crippen MR) is 107 cm³/mol. The highest BCUT2D eigenvalue weighted by Crippen LogP contribution is 2.41. The van der Waals surface area contributed by atoms with Gasteiger partial charge in [-0.25, -0.2) is 14.6 Å². The first-order chi connectivity index (χ1) is 13.2. The first-order valence-electron chi connectivity index (χ1n) is 8.46. The molecule has 0 fully saturated rings. The van der Waals surface area contributed by atoms with Gasteiger partial charge in [-0.05, 0) is 37.3 Å². The molecule has 0 amide bonds. The third-order valence-corrected chi connectivity index (χ3v) is 5.90. The lowest BCUT2D eigenvalue weighted by atomic mass is 10.1. The summed E-state index contributed by atoms with van der Waals surface area (Å²) in [6.45, 7) is 2.52. The molecule has 1 aromatic carbocycles. The quantitative estimate of drug-likeness (QED) is 0.461. The maximum Gasteiger partial charge on any atom is 0.192 e. The van der Waals surface area contributed by atoms with Gasteiger partial charge < -0.3 is 4.74 Å². The van der Waals surface area contributed by atoms with Crippen LogP contribution >= 0.6 is 27.3 Å². The monoisotopic (exact) mass is 439 g/mol. The lowest BCUT2D eigenvalue weighted by Gasteiger charge is -2.07. The van der Waals surface area contributed by atoms with Crippen molar-refractivity contribution in [1.82, 2.24) is 24.7 Å². The number of fused-ring (bicyclic) bond motifs is 3. The molecule has 27 heavy (non-hydrogen) atoms. The fraction of sp³-hybridized carbons (Fsp3) is 0.158. The number of rotatable bonds is 2. The summed E-state index contributed by atoms with van der Waals surface area (Å²) in [5, 5.41) is 5.41.